The predicted molar refractivity (Wildman–Crippen MR) is 77.0 cm³/mol. The van der Waals surface area contributed by atoms with Crippen molar-refractivity contribution in [3.8, 4) is 0 Å². The van der Waals surface area contributed by atoms with Crippen molar-refractivity contribution in [1.29, 1.82) is 0 Å². The first kappa shape index (κ1) is 14.0. The third-order valence-electron chi connectivity index (χ3n) is 3.86. The lowest BCUT2D eigenvalue weighted by Crippen LogP contribution is -2.44. The summed E-state index contributed by atoms with van der Waals surface area (Å²) in [5.41, 5.74) is 8.58. The Labute approximate surface area is 114 Å². The van der Waals surface area contributed by atoms with E-state index in [1.54, 1.807) is 0 Å². The molecule has 1 amide bonds. The highest BCUT2D eigenvalue weighted by Gasteiger charge is 2.30. The highest BCUT2D eigenvalue weighted by molar-refractivity contribution is 5.92. The monoisotopic (exact) mass is 261 g/mol. The fraction of sp³-hybridized carbons (Fsp3) is 0.600. The van der Waals surface area contributed by atoms with Gasteiger partial charge in [0.05, 0.1) is 11.4 Å². The molecule has 4 heteroatoms. The van der Waals surface area contributed by atoms with Crippen molar-refractivity contribution in [2.24, 2.45) is 5.73 Å². The highest BCUT2D eigenvalue weighted by atomic mass is 16.1. The van der Waals surface area contributed by atoms with Gasteiger partial charge in [0.25, 0.3) is 0 Å². The number of hydrogen-bond acceptors (Lipinski definition) is 3. The van der Waals surface area contributed by atoms with E-state index in [0.29, 0.717) is 6.42 Å². The average Bonchev–Trinajstić information content (AvgIpc) is 2.33. The summed E-state index contributed by atoms with van der Waals surface area (Å²) < 4.78 is 0. The molecule has 0 aromatic carbocycles. The standard InChI is InChI=1S/C15H23N3O/c1-11-6-7-13(12(2)17-11)18-14(19)10-15(16)8-4-3-5-9-15/h6-7H,3-5,8-10,16H2,1-2H3,(H,18,19). The molecular weight excluding hydrogens is 238 g/mol. The smallest absolute Gasteiger partial charge is 0.226 e. The van der Waals surface area contributed by atoms with Gasteiger partial charge < -0.3 is 11.1 Å². The topological polar surface area (TPSA) is 68.0 Å². The van der Waals surface area contributed by atoms with E-state index in [-0.39, 0.29) is 11.4 Å². The molecule has 0 unspecified atom stereocenters. The second-order valence-electron chi connectivity index (χ2n) is 5.73. The first-order valence-electron chi connectivity index (χ1n) is 7.01. The average molecular weight is 261 g/mol. The fourth-order valence-electron chi connectivity index (χ4n) is 2.77. The number of aryl methyl sites for hydroxylation is 2. The number of rotatable bonds is 3. The van der Waals surface area contributed by atoms with Crippen molar-refractivity contribution < 1.29 is 4.79 Å². The Balaban J connectivity index is 1.97. The molecule has 1 aliphatic rings. The Hall–Kier alpha value is -1.42. The van der Waals surface area contributed by atoms with Crippen LogP contribution in [0.15, 0.2) is 12.1 Å². The molecule has 1 aromatic heterocycles. The van der Waals surface area contributed by atoms with Gasteiger partial charge in [0.15, 0.2) is 0 Å². The Bertz CT molecular complexity index is 464. The van der Waals surface area contributed by atoms with Crippen LogP contribution in [0.5, 0.6) is 0 Å². The molecule has 1 heterocycles. The fourth-order valence-corrected chi connectivity index (χ4v) is 2.77. The number of carbonyl (C=O) groups excluding carboxylic acids is 1. The van der Waals surface area contributed by atoms with Crippen LogP contribution in [0.4, 0.5) is 5.69 Å². The van der Waals surface area contributed by atoms with Crippen molar-refractivity contribution in [1.82, 2.24) is 4.98 Å². The van der Waals surface area contributed by atoms with E-state index in [1.165, 1.54) is 6.42 Å². The molecule has 0 atom stereocenters. The van der Waals surface area contributed by atoms with Crippen molar-refractivity contribution in [2.75, 3.05) is 5.32 Å². The van der Waals surface area contributed by atoms with Gasteiger partial charge in [-0.25, -0.2) is 0 Å². The van der Waals surface area contributed by atoms with Gasteiger partial charge >= 0.3 is 0 Å². The van der Waals surface area contributed by atoms with Gasteiger partial charge in [-0.15, -0.1) is 0 Å². The molecule has 1 aliphatic carbocycles. The lowest BCUT2D eigenvalue weighted by molar-refractivity contribution is -0.117. The van der Waals surface area contributed by atoms with Crippen LogP contribution in [-0.2, 0) is 4.79 Å². The van der Waals surface area contributed by atoms with E-state index in [9.17, 15) is 4.79 Å². The second kappa shape index (κ2) is 5.70. The predicted octanol–water partition coefficient (Wildman–Crippen LogP) is 2.69. The Morgan fingerprint density at radius 3 is 2.63 bits per heavy atom. The van der Waals surface area contributed by atoms with Crippen molar-refractivity contribution in [3.63, 3.8) is 0 Å². The molecule has 4 nitrogen and oxygen atoms in total. The first-order valence-corrected chi connectivity index (χ1v) is 7.01. The van der Waals surface area contributed by atoms with Gasteiger partial charge in [0, 0.05) is 17.7 Å². The SMILES string of the molecule is Cc1ccc(NC(=O)CC2(N)CCCCC2)c(C)n1. The molecule has 2 rings (SSSR count). The first-order chi connectivity index (χ1) is 8.98. The maximum atomic E-state index is 12.1. The Kier molecular flexibility index (Phi) is 4.20. The molecule has 0 bridgehead atoms. The number of anilines is 1. The minimum Gasteiger partial charge on any atom is -0.325 e. The summed E-state index contributed by atoms with van der Waals surface area (Å²) in [6.07, 6.45) is 5.81. The molecule has 3 N–H and O–H groups in total. The summed E-state index contributed by atoms with van der Waals surface area (Å²) in [5, 5.41) is 2.93. The Morgan fingerprint density at radius 2 is 2.00 bits per heavy atom. The zero-order valence-electron chi connectivity index (χ0n) is 11.8. The number of pyridine rings is 1. The summed E-state index contributed by atoms with van der Waals surface area (Å²) in [6.45, 7) is 3.84. The molecule has 0 radical (unpaired) electrons. The van der Waals surface area contributed by atoms with Gasteiger partial charge in [-0.05, 0) is 38.8 Å². The number of nitrogens with two attached hydrogens (primary N) is 1. The van der Waals surface area contributed by atoms with Crippen LogP contribution < -0.4 is 11.1 Å². The quantitative estimate of drug-likeness (QED) is 0.879. The molecule has 0 spiro atoms. The third-order valence-corrected chi connectivity index (χ3v) is 3.86. The molecule has 1 aromatic rings. The van der Waals surface area contributed by atoms with Crippen LogP contribution in [0, 0.1) is 13.8 Å². The van der Waals surface area contributed by atoms with E-state index in [4.69, 9.17) is 5.73 Å². The molecule has 19 heavy (non-hydrogen) atoms. The van der Waals surface area contributed by atoms with Crippen LogP contribution in [0.2, 0.25) is 0 Å². The molecular formula is C15H23N3O. The summed E-state index contributed by atoms with van der Waals surface area (Å²) >= 11 is 0. The Morgan fingerprint density at radius 1 is 1.32 bits per heavy atom. The summed E-state index contributed by atoms with van der Waals surface area (Å²) in [7, 11) is 0. The van der Waals surface area contributed by atoms with E-state index in [0.717, 1.165) is 42.8 Å². The highest BCUT2D eigenvalue weighted by Crippen LogP contribution is 2.29. The number of nitrogens with one attached hydrogen (secondary N) is 1. The van der Waals surface area contributed by atoms with E-state index >= 15 is 0 Å². The summed E-state index contributed by atoms with van der Waals surface area (Å²) in [6, 6.07) is 3.81. The van der Waals surface area contributed by atoms with Crippen LogP contribution in [-0.4, -0.2) is 16.4 Å². The summed E-state index contributed by atoms with van der Waals surface area (Å²) in [4.78, 5) is 16.4. The van der Waals surface area contributed by atoms with Crippen molar-refractivity contribution in [2.45, 2.75) is 57.9 Å². The zero-order chi connectivity index (χ0) is 13.9. The number of aromatic nitrogens is 1. The van der Waals surface area contributed by atoms with Gasteiger partial charge in [0.1, 0.15) is 0 Å². The van der Waals surface area contributed by atoms with Crippen molar-refractivity contribution >= 4 is 11.6 Å². The summed E-state index contributed by atoms with van der Waals surface area (Å²) in [5.74, 6) is -0.00171. The van der Waals surface area contributed by atoms with Crippen LogP contribution in [0.25, 0.3) is 0 Å². The molecule has 0 saturated heterocycles. The van der Waals surface area contributed by atoms with Crippen LogP contribution in [0.3, 0.4) is 0 Å². The number of amides is 1. The number of carbonyl (C=O) groups is 1. The van der Waals surface area contributed by atoms with Gasteiger partial charge in [-0.2, -0.15) is 0 Å². The molecule has 1 saturated carbocycles. The lowest BCUT2D eigenvalue weighted by Gasteiger charge is -2.32. The van der Waals surface area contributed by atoms with E-state index in [2.05, 4.69) is 10.3 Å². The zero-order valence-corrected chi connectivity index (χ0v) is 11.8. The number of hydrogen-bond donors (Lipinski definition) is 2. The van der Waals surface area contributed by atoms with Crippen LogP contribution in [0.1, 0.15) is 49.9 Å². The molecule has 0 aliphatic heterocycles. The normalized spacial score (nSPS) is 18.1. The maximum Gasteiger partial charge on any atom is 0.226 e. The molecule has 1 fully saturated rings. The van der Waals surface area contributed by atoms with Gasteiger partial charge in [0.2, 0.25) is 5.91 Å². The lowest BCUT2D eigenvalue weighted by atomic mass is 9.80. The van der Waals surface area contributed by atoms with E-state index in [1.807, 2.05) is 26.0 Å². The van der Waals surface area contributed by atoms with Crippen LogP contribution >= 0.6 is 0 Å². The largest absolute Gasteiger partial charge is 0.325 e. The maximum absolute atomic E-state index is 12.1. The third kappa shape index (κ3) is 3.77. The van der Waals surface area contributed by atoms with E-state index < -0.39 is 0 Å². The van der Waals surface area contributed by atoms with Gasteiger partial charge in [-0.3, -0.25) is 9.78 Å². The minimum atomic E-state index is -0.311. The molecule has 104 valence electrons. The van der Waals surface area contributed by atoms with Crippen molar-refractivity contribution in [3.05, 3.63) is 23.5 Å². The minimum absolute atomic E-state index is 0.00171. The number of nitrogens with zero attached hydrogens (tertiary/aromatic N) is 1. The van der Waals surface area contributed by atoms with Gasteiger partial charge in [-0.1, -0.05) is 19.3 Å². The second-order valence-corrected chi connectivity index (χ2v) is 5.73.